The number of ether oxygens (including phenoxy) is 3. The number of ketones is 2. The molecule has 0 radical (unpaired) electrons. The third-order valence-electron chi connectivity index (χ3n) is 15.8. The van der Waals surface area contributed by atoms with Crippen molar-refractivity contribution in [3.8, 4) is 23.0 Å². The van der Waals surface area contributed by atoms with Gasteiger partial charge in [0.25, 0.3) is 0 Å². The number of carbonyl (C=O) groups is 5. The minimum Gasteiger partial charge on any atom is -0.508 e. The van der Waals surface area contributed by atoms with E-state index in [1.54, 1.807) is 42.5 Å². The van der Waals surface area contributed by atoms with Gasteiger partial charge in [-0.05, 0) is 118 Å². The van der Waals surface area contributed by atoms with Gasteiger partial charge in [-0.1, -0.05) is 44.4 Å². The molecule has 0 unspecified atom stereocenters. The molecule has 1 spiro atoms. The van der Waals surface area contributed by atoms with E-state index in [0.29, 0.717) is 64.1 Å². The Labute approximate surface area is 399 Å². The molecular formula is C52H57N3O12S. The lowest BCUT2D eigenvalue weighted by atomic mass is 9.46. The third-order valence-corrected chi connectivity index (χ3v) is 16.0. The Bertz CT molecular complexity index is 2610. The van der Waals surface area contributed by atoms with Gasteiger partial charge in [0, 0.05) is 70.8 Å². The van der Waals surface area contributed by atoms with Crippen molar-refractivity contribution in [2.24, 2.45) is 28.6 Å². The first kappa shape index (κ1) is 47.0. The number of amides is 1. The molecule has 16 heteroatoms. The summed E-state index contributed by atoms with van der Waals surface area (Å²) < 4.78 is 17.5. The molecule has 2 aliphatic heterocycles. The molecule has 68 heavy (non-hydrogen) atoms. The van der Waals surface area contributed by atoms with Gasteiger partial charge in [-0.25, -0.2) is 4.79 Å². The summed E-state index contributed by atoms with van der Waals surface area (Å²) in [6, 6.07) is 14.4. The van der Waals surface area contributed by atoms with Crippen LogP contribution in [0.4, 0.5) is 5.69 Å². The van der Waals surface area contributed by atoms with Gasteiger partial charge in [0.1, 0.15) is 28.6 Å². The van der Waals surface area contributed by atoms with Crippen LogP contribution < -0.4 is 20.7 Å². The number of phenols is 2. The molecule has 3 aromatic rings. The molecule has 2 heterocycles. The number of esters is 2. The van der Waals surface area contributed by atoms with Gasteiger partial charge in [-0.15, -0.1) is 0 Å². The van der Waals surface area contributed by atoms with Crippen molar-refractivity contribution in [2.45, 2.75) is 102 Å². The normalized spacial score (nSPS) is 27.7. The monoisotopic (exact) mass is 947 g/mol. The number of phenolic OH excluding ortho intramolecular Hbond substituents is 2. The Balaban J connectivity index is 0.666. The van der Waals surface area contributed by atoms with Crippen molar-refractivity contribution in [1.82, 2.24) is 10.6 Å². The van der Waals surface area contributed by atoms with E-state index in [2.05, 4.69) is 22.9 Å². The number of rotatable bonds is 14. The highest BCUT2D eigenvalue weighted by atomic mass is 32.1. The first-order valence-electron chi connectivity index (χ1n) is 23.5. The number of carbonyl (C=O) groups excluding carboxylic acids is 5. The van der Waals surface area contributed by atoms with E-state index in [4.69, 9.17) is 26.4 Å². The summed E-state index contributed by atoms with van der Waals surface area (Å²) in [5.74, 6) is -1.77. The predicted octanol–water partition coefficient (Wildman–Crippen LogP) is 6.53. The number of thiocarbonyl (C=S) groups is 1. The summed E-state index contributed by atoms with van der Waals surface area (Å²) in [5, 5.41) is 53.4. The Hall–Kier alpha value is -6.10. The second-order valence-corrected chi connectivity index (χ2v) is 20.0. The molecule has 4 aliphatic carbocycles. The zero-order chi connectivity index (χ0) is 48.2. The van der Waals surface area contributed by atoms with Crippen LogP contribution >= 0.6 is 12.2 Å². The number of allylic oxidation sites excluding steroid dienone is 4. The lowest BCUT2D eigenvalue weighted by Crippen LogP contribution is -2.61. The van der Waals surface area contributed by atoms with Crippen molar-refractivity contribution < 1.29 is 58.6 Å². The third kappa shape index (κ3) is 8.13. The van der Waals surface area contributed by atoms with E-state index in [9.17, 15) is 44.4 Å². The molecule has 3 aromatic carbocycles. The van der Waals surface area contributed by atoms with Gasteiger partial charge >= 0.3 is 11.9 Å². The van der Waals surface area contributed by atoms with Crippen LogP contribution in [0.2, 0.25) is 0 Å². The number of nitrogens with one attached hydrogen (secondary N) is 3. The zero-order valence-electron chi connectivity index (χ0n) is 38.1. The Morgan fingerprint density at radius 3 is 2.25 bits per heavy atom. The van der Waals surface area contributed by atoms with Crippen LogP contribution in [0.15, 0.2) is 78.4 Å². The fourth-order valence-electron chi connectivity index (χ4n) is 12.4. The number of hydrogen-bond donors (Lipinski definition) is 7. The van der Waals surface area contributed by atoms with Gasteiger partial charge in [0.15, 0.2) is 23.1 Å². The molecule has 7 N–H and O–H groups in total. The van der Waals surface area contributed by atoms with Crippen LogP contribution in [-0.2, 0) is 34.3 Å². The van der Waals surface area contributed by atoms with Crippen molar-refractivity contribution in [2.75, 3.05) is 25.0 Å². The number of anilines is 1. The van der Waals surface area contributed by atoms with E-state index < -0.39 is 52.5 Å². The largest absolute Gasteiger partial charge is 0.508 e. The van der Waals surface area contributed by atoms with Crippen molar-refractivity contribution >= 4 is 52.4 Å². The van der Waals surface area contributed by atoms with Crippen molar-refractivity contribution in [1.29, 1.82) is 0 Å². The number of aromatic hydroxyl groups is 2. The van der Waals surface area contributed by atoms with E-state index in [1.165, 1.54) is 24.3 Å². The lowest BCUT2D eigenvalue weighted by molar-refractivity contribution is -0.181. The van der Waals surface area contributed by atoms with Crippen LogP contribution in [0.5, 0.6) is 23.0 Å². The molecule has 358 valence electrons. The predicted molar refractivity (Wildman–Crippen MR) is 252 cm³/mol. The Morgan fingerprint density at radius 2 is 1.54 bits per heavy atom. The number of fused-ring (bicyclic) bond motifs is 11. The van der Waals surface area contributed by atoms with Crippen molar-refractivity contribution in [3.05, 3.63) is 101 Å². The number of unbranched alkanes of at least 4 members (excludes halogenated alkanes) is 3. The molecular weight excluding hydrogens is 891 g/mol. The summed E-state index contributed by atoms with van der Waals surface area (Å²) >= 11 is 5.53. The topological polar surface area (TPSA) is 230 Å². The van der Waals surface area contributed by atoms with E-state index in [1.807, 2.05) is 13.0 Å². The van der Waals surface area contributed by atoms with Crippen molar-refractivity contribution in [3.63, 3.8) is 0 Å². The summed E-state index contributed by atoms with van der Waals surface area (Å²) in [6.07, 6.45) is 9.84. The first-order valence-corrected chi connectivity index (χ1v) is 24.0. The average Bonchev–Trinajstić information content (AvgIpc) is 3.74. The quantitative estimate of drug-likeness (QED) is 0.0518. The van der Waals surface area contributed by atoms with Crippen LogP contribution in [-0.4, -0.2) is 86.4 Å². The summed E-state index contributed by atoms with van der Waals surface area (Å²) in [5.41, 5.74) is -0.912. The van der Waals surface area contributed by atoms with E-state index in [-0.39, 0.29) is 66.6 Å². The fraction of sp³-hybridized carbons (Fsp3) is 0.462. The second kappa shape index (κ2) is 18.1. The number of aliphatic hydroxyl groups is 2. The maximum absolute atomic E-state index is 13.6. The number of benzene rings is 3. The molecule has 0 saturated heterocycles. The summed E-state index contributed by atoms with van der Waals surface area (Å²) in [6.45, 7) is 4.36. The van der Waals surface area contributed by atoms with Crippen LogP contribution in [0.25, 0.3) is 0 Å². The molecule has 0 aromatic heterocycles. The van der Waals surface area contributed by atoms with Gasteiger partial charge in [0.05, 0.1) is 18.1 Å². The van der Waals surface area contributed by atoms with E-state index in [0.717, 1.165) is 44.1 Å². The van der Waals surface area contributed by atoms with Gasteiger partial charge in [-0.2, -0.15) is 0 Å². The van der Waals surface area contributed by atoms with Crippen LogP contribution in [0, 0.1) is 28.6 Å². The molecule has 6 aliphatic rings. The summed E-state index contributed by atoms with van der Waals surface area (Å²) in [7, 11) is 0. The molecule has 15 nitrogen and oxygen atoms in total. The highest BCUT2D eigenvalue weighted by Crippen LogP contribution is 2.67. The standard InChI is InChI=1S/C52H57N3O12S/c1-49-19-17-33(58)23-29(49)7-11-34-36-18-20-51(64,50(36,2)27-40(59)46(34)49)43(60)28-65-45(62)16-15-44(61)53-21-5-3-4-6-22-54-48(68)55-30-8-12-37-35(24-30)47(63)67-52(37)38-13-9-31(56)25-41(38)66-42-26-32(57)10-14-39(42)52/h8-10,12-14,17,19,23-26,34,36,40,46,56-57,59,64H,3-7,11,15-16,18,20-22,27-28H2,1-2H3,(H,53,61)(H2,54,55,68)/t34-,36-,40-,46+,49-,50-,51-/m0/s1. The zero-order valence-corrected chi connectivity index (χ0v) is 38.9. The molecule has 7 atom stereocenters. The Morgan fingerprint density at radius 1 is 0.868 bits per heavy atom. The first-order chi connectivity index (χ1) is 32.5. The fourth-order valence-corrected chi connectivity index (χ4v) is 12.6. The molecule has 9 rings (SSSR count). The number of aliphatic hydroxyl groups excluding tert-OH is 1. The average molecular weight is 948 g/mol. The number of Topliss-reactive ketones (excluding diaryl/α,β-unsaturated/α-hetero) is 1. The van der Waals surface area contributed by atoms with Crippen LogP contribution in [0.3, 0.4) is 0 Å². The van der Waals surface area contributed by atoms with Gasteiger partial charge in [-0.3, -0.25) is 19.2 Å². The smallest absolute Gasteiger partial charge is 0.340 e. The molecule has 3 saturated carbocycles. The SMILES string of the molecule is C[C@]12C=CC(=O)C=C1CC[C@@H]1[C@@H]2[C@@H](O)C[C@@]2(C)[C@H]1CC[C@]2(O)C(=O)COC(=O)CCC(=O)NCCCCCCNC(=S)Nc1ccc2c(c1)C(=O)OC21c2ccc(O)cc2Oc2cc(O)ccc21. The highest BCUT2D eigenvalue weighted by Gasteiger charge is 2.68. The number of hydrogen-bond acceptors (Lipinski definition) is 13. The molecule has 3 fully saturated rings. The van der Waals surface area contributed by atoms with Crippen LogP contribution in [0.1, 0.15) is 112 Å². The molecule has 0 bridgehead atoms. The summed E-state index contributed by atoms with van der Waals surface area (Å²) in [4.78, 5) is 64.3. The maximum atomic E-state index is 13.6. The lowest BCUT2D eigenvalue weighted by Gasteiger charge is -2.59. The minimum atomic E-state index is -1.77. The van der Waals surface area contributed by atoms with Gasteiger partial charge in [0.2, 0.25) is 11.7 Å². The van der Waals surface area contributed by atoms with E-state index >= 15 is 0 Å². The minimum absolute atomic E-state index is 0.0229. The maximum Gasteiger partial charge on any atom is 0.340 e. The molecule has 1 amide bonds. The Kier molecular flexibility index (Phi) is 12.5. The second-order valence-electron chi connectivity index (χ2n) is 19.6. The highest BCUT2D eigenvalue weighted by molar-refractivity contribution is 7.80. The van der Waals surface area contributed by atoms with Gasteiger partial charge < -0.3 is 50.6 Å².